The second-order valence-corrected chi connectivity index (χ2v) is 7.70. The van der Waals surface area contributed by atoms with Crippen molar-refractivity contribution in [2.45, 2.75) is 13.3 Å². The zero-order valence-corrected chi connectivity index (χ0v) is 15.1. The Bertz CT molecular complexity index is 823. The standard InChI is InChI=1S/C17H19ClN2O3S/c1-13-15(18)9-6-10-16(13)19-17(21)11-12-20(24(2,22)23)14-7-4-3-5-8-14/h3-10H,11-12H2,1-2H3,(H,19,21). The Balaban J connectivity index is 2.07. The third-order valence-corrected chi connectivity index (χ3v) is 5.13. The topological polar surface area (TPSA) is 66.5 Å². The molecule has 2 rings (SSSR count). The van der Waals surface area contributed by atoms with Crippen molar-refractivity contribution in [3.63, 3.8) is 0 Å². The fraction of sp³-hybridized carbons (Fsp3) is 0.235. The monoisotopic (exact) mass is 366 g/mol. The van der Waals surface area contributed by atoms with Gasteiger partial charge in [0.15, 0.2) is 0 Å². The summed E-state index contributed by atoms with van der Waals surface area (Å²) < 4.78 is 25.2. The minimum absolute atomic E-state index is 0.0356. The lowest BCUT2D eigenvalue weighted by Gasteiger charge is -2.22. The van der Waals surface area contributed by atoms with Gasteiger partial charge in [0.1, 0.15) is 0 Å². The molecule has 0 bridgehead atoms. The largest absolute Gasteiger partial charge is 0.326 e. The summed E-state index contributed by atoms with van der Waals surface area (Å²) in [7, 11) is -3.47. The highest BCUT2D eigenvalue weighted by Crippen LogP contribution is 2.23. The van der Waals surface area contributed by atoms with Crippen LogP contribution in [0.5, 0.6) is 0 Å². The molecule has 2 aromatic rings. The van der Waals surface area contributed by atoms with Crippen LogP contribution in [0.3, 0.4) is 0 Å². The Morgan fingerprint density at radius 1 is 1.12 bits per heavy atom. The molecule has 0 radical (unpaired) electrons. The summed E-state index contributed by atoms with van der Waals surface area (Å²) in [6.07, 6.45) is 1.16. The van der Waals surface area contributed by atoms with Crippen molar-refractivity contribution in [3.05, 3.63) is 59.1 Å². The van der Waals surface area contributed by atoms with Crippen molar-refractivity contribution >= 4 is 38.9 Å². The maximum Gasteiger partial charge on any atom is 0.232 e. The minimum atomic E-state index is -3.47. The second kappa shape index (κ2) is 7.68. The van der Waals surface area contributed by atoms with E-state index >= 15 is 0 Å². The quantitative estimate of drug-likeness (QED) is 0.851. The molecule has 128 valence electrons. The lowest BCUT2D eigenvalue weighted by Crippen LogP contribution is -2.33. The van der Waals surface area contributed by atoms with Gasteiger partial charge in [-0.15, -0.1) is 0 Å². The van der Waals surface area contributed by atoms with Crippen molar-refractivity contribution in [1.82, 2.24) is 0 Å². The molecular weight excluding hydrogens is 348 g/mol. The third kappa shape index (κ3) is 4.72. The number of benzene rings is 2. The predicted molar refractivity (Wildman–Crippen MR) is 98.1 cm³/mol. The normalized spacial score (nSPS) is 11.1. The molecular formula is C17H19ClN2O3S. The van der Waals surface area contributed by atoms with Gasteiger partial charge in [-0.1, -0.05) is 35.9 Å². The molecule has 0 fully saturated rings. The van der Waals surface area contributed by atoms with E-state index in [1.807, 2.05) is 6.92 Å². The van der Waals surface area contributed by atoms with Gasteiger partial charge in [-0.25, -0.2) is 8.42 Å². The van der Waals surface area contributed by atoms with Crippen molar-refractivity contribution in [2.24, 2.45) is 0 Å². The smallest absolute Gasteiger partial charge is 0.232 e. The molecule has 0 aromatic heterocycles. The van der Waals surface area contributed by atoms with Crippen LogP contribution in [0.25, 0.3) is 0 Å². The van der Waals surface area contributed by atoms with E-state index in [1.165, 1.54) is 4.31 Å². The Kier molecular flexibility index (Phi) is 5.85. The highest BCUT2D eigenvalue weighted by Gasteiger charge is 2.18. The van der Waals surface area contributed by atoms with Crippen molar-refractivity contribution in [2.75, 3.05) is 22.4 Å². The van der Waals surface area contributed by atoms with Gasteiger partial charge in [-0.2, -0.15) is 0 Å². The molecule has 1 amide bonds. The van der Waals surface area contributed by atoms with Gasteiger partial charge >= 0.3 is 0 Å². The average molecular weight is 367 g/mol. The molecule has 0 unspecified atom stereocenters. The molecule has 7 heteroatoms. The van der Waals surface area contributed by atoms with E-state index in [9.17, 15) is 13.2 Å². The summed E-state index contributed by atoms with van der Waals surface area (Å²) in [6.45, 7) is 1.87. The molecule has 0 heterocycles. The number of sulfonamides is 1. The van der Waals surface area contributed by atoms with E-state index in [2.05, 4.69) is 5.32 Å². The zero-order chi connectivity index (χ0) is 17.7. The Morgan fingerprint density at radius 3 is 2.42 bits per heavy atom. The van der Waals surface area contributed by atoms with Crippen LogP contribution in [-0.4, -0.2) is 27.1 Å². The molecule has 0 aliphatic heterocycles. The van der Waals surface area contributed by atoms with Crippen LogP contribution in [-0.2, 0) is 14.8 Å². The Morgan fingerprint density at radius 2 is 1.79 bits per heavy atom. The summed E-state index contributed by atoms with van der Waals surface area (Å²) in [5.41, 5.74) is 1.93. The van der Waals surface area contributed by atoms with Crippen molar-refractivity contribution < 1.29 is 13.2 Å². The third-order valence-electron chi connectivity index (χ3n) is 3.53. The van der Waals surface area contributed by atoms with Gasteiger partial charge in [0.2, 0.25) is 15.9 Å². The van der Waals surface area contributed by atoms with Crippen LogP contribution in [0.1, 0.15) is 12.0 Å². The Hall–Kier alpha value is -2.05. The molecule has 0 atom stereocenters. The second-order valence-electron chi connectivity index (χ2n) is 5.38. The summed E-state index contributed by atoms with van der Waals surface area (Å²) in [5, 5.41) is 3.33. The average Bonchev–Trinajstić information content (AvgIpc) is 2.52. The number of hydrogen-bond acceptors (Lipinski definition) is 3. The number of hydrogen-bond donors (Lipinski definition) is 1. The number of amides is 1. The number of nitrogens with one attached hydrogen (secondary N) is 1. The molecule has 0 saturated heterocycles. The molecule has 0 aliphatic carbocycles. The number of halogens is 1. The van der Waals surface area contributed by atoms with Crippen LogP contribution in [0.2, 0.25) is 5.02 Å². The van der Waals surface area contributed by atoms with Crippen LogP contribution >= 0.6 is 11.6 Å². The Labute approximate surface area is 147 Å². The van der Waals surface area contributed by atoms with E-state index in [0.717, 1.165) is 11.8 Å². The summed E-state index contributed by atoms with van der Waals surface area (Å²) in [6, 6.07) is 13.9. The molecule has 0 aliphatic rings. The first-order valence-corrected chi connectivity index (χ1v) is 9.59. The van der Waals surface area contributed by atoms with Gasteiger partial charge in [0.25, 0.3) is 0 Å². The molecule has 0 saturated carbocycles. The van der Waals surface area contributed by atoms with Gasteiger partial charge in [-0.3, -0.25) is 9.10 Å². The lowest BCUT2D eigenvalue weighted by atomic mass is 10.2. The summed E-state index contributed by atoms with van der Waals surface area (Å²) >= 11 is 6.03. The fourth-order valence-electron chi connectivity index (χ4n) is 2.24. The van der Waals surface area contributed by atoms with Crippen LogP contribution in [0.4, 0.5) is 11.4 Å². The number of para-hydroxylation sites is 1. The van der Waals surface area contributed by atoms with E-state index in [1.54, 1.807) is 48.5 Å². The molecule has 5 nitrogen and oxygen atoms in total. The van der Waals surface area contributed by atoms with Crippen LogP contribution in [0.15, 0.2) is 48.5 Å². The maximum absolute atomic E-state index is 12.2. The summed E-state index contributed by atoms with van der Waals surface area (Å²) in [5.74, 6) is -0.273. The number of nitrogens with zero attached hydrogens (tertiary/aromatic N) is 1. The van der Waals surface area contributed by atoms with Gasteiger partial charge in [0, 0.05) is 23.7 Å². The predicted octanol–water partition coefficient (Wildman–Crippen LogP) is 3.44. The molecule has 2 aromatic carbocycles. The SMILES string of the molecule is Cc1c(Cl)cccc1NC(=O)CCN(c1ccccc1)S(C)(=O)=O. The molecule has 1 N–H and O–H groups in total. The van der Waals surface area contributed by atoms with Crippen LogP contribution < -0.4 is 9.62 Å². The first kappa shape index (κ1) is 18.3. The highest BCUT2D eigenvalue weighted by molar-refractivity contribution is 7.92. The number of carbonyl (C=O) groups is 1. The molecule has 24 heavy (non-hydrogen) atoms. The van der Waals surface area contributed by atoms with E-state index in [0.29, 0.717) is 16.4 Å². The first-order valence-electron chi connectivity index (χ1n) is 7.37. The van der Waals surface area contributed by atoms with Crippen molar-refractivity contribution in [1.29, 1.82) is 0 Å². The number of carbonyl (C=O) groups excluding carboxylic acids is 1. The van der Waals surface area contributed by atoms with E-state index in [-0.39, 0.29) is 18.9 Å². The zero-order valence-electron chi connectivity index (χ0n) is 13.5. The fourth-order valence-corrected chi connectivity index (χ4v) is 3.34. The minimum Gasteiger partial charge on any atom is -0.326 e. The summed E-state index contributed by atoms with van der Waals surface area (Å²) in [4.78, 5) is 12.2. The van der Waals surface area contributed by atoms with Crippen molar-refractivity contribution in [3.8, 4) is 0 Å². The number of rotatable bonds is 6. The van der Waals surface area contributed by atoms with Crippen LogP contribution in [0, 0.1) is 6.92 Å². The lowest BCUT2D eigenvalue weighted by molar-refractivity contribution is -0.116. The molecule has 0 spiro atoms. The first-order chi connectivity index (χ1) is 11.3. The highest BCUT2D eigenvalue weighted by atomic mass is 35.5. The van der Waals surface area contributed by atoms with E-state index in [4.69, 9.17) is 11.6 Å². The van der Waals surface area contributed by atoms with Gasteiger partial charge < -0.3 is 5.32 Å². The van der Waals surface area contributed by atoms with Gasteiger partial charge in [-0.05, 0) is 36.8 Å². The van der Waals surface area contributed by atoms with E-state index < -0.39 is 10.0 Å². The number of anilines is 2. The maximum atomic E-state index is 12.2. The van der Waals surface area contributed by atoms with Gasteiger partial charge in [0.05, 0.1) is 11.9 Å².